The minimum atomic E-state index is -0.340. The summed E-state index contributed by atoms with van der Waals surface area (Å²) in [5, 5.41) is 0. The molecule has 4 heteroatoms. The van der Waals surface area contributed by atoms with E-state index in [0.717, 1.165) is 9.13 Å². The Hall–Kier alpha value is -0.880. The summed E-state index contributed by atoms with van der Waals surface area (Å²) in [4.78, 5) is 0. The fourth-order valence-corrected chi connectivity index (χ4v) is 2.19. The molecule has 0 bridgehead atoms. The standard InChI is InChI=1S/C11H9FINO/c12-7-3-4-8(9(13)6-7)11(14)10-2-1-5-15-10/h1-6,11H,14H2. The summed E-state index contributed by atoms with van der Waals surface area (Å²) in [6, 6.07) is 7.80. The maximum absolute atomic E-state index is 12.9. The summed E-state index contributed by atoms with van der Waals surface area (Å²) in [5.74, 6) is 0.425. The van der Waals surface area contributed by atoms with Crippen molar-refractivity contribution in [2.24, 2.45) is 5.73 Å². The van der Waals surface area contributed by atoms with Gasteiger partial charge in [-0.3, -0.25) is 0 Å². The van der Waals surface area contributed by atoms with Crippen LogP contribution in [0.2, 0.25) is 0 Å². The molecule has 1 aromatic carbocycles. The van der Waals surface area contributed by atoms with Gasteiger partial charge in [-0.05, 0) is 52.4 Å². The maximum Gasteiger partial charge on any atom is 0.125 e. The highest BCUT2D eigenvalue weighted by atomic mass is 127. The molecule has 0 saturated carbocycles. The van der Waals surface area contributed by atoms with Crippen LogP contribution in [0.4, 0.5) is 4.39 Å². The molecule has 0 spiro atoms. The van der Waals surface area contributed by atoms with Crippen LogP contribution in [0.3, 0.4) is 0 Å². The zero-order valence-corrected chi connectivity index (χ0v) is 9.94. The maximum atomic E-state index is 12.9. The van der Waals surface area contributed by atoms with Crippen LogP contribution in [0.5, 0.6) is 0 Å². The Kier molecular flexibility index (Phi) is 3.06. The lowest BCUT2D eigenvalue weighted by atomic mass is 10.1. The van der Waals surface area contributed by atoms with Gasteiger partial charge in [0.15, 0.2) is 0 Å². The second kappa shape index (κ2) is 4.32. The Morgan fingerprint density at radius 2 is 2.13 bits per heavy atom. The van der Waals surface area contributed by atoms with Crippen LogP contribution in [-0.4, -0.2) is 0 Å². The first-order valence-electron chi connectivity index (χ1n) is 4.42. The zero-order chi connectivity index (χ0) is 10.8. The second-order valence-corrected chi connectivity index (χ2v) is 4.32. The first-order valence-corrected chi connectivity index (χ1v) is 5.50. The van der Waals surface area contributed by atoms with Gasteiger partial charge in [0, 0.05) is 3.57 Å². The van der Waals surface area contributed by atoms with Crippen LogP contribution < -0.4 is 5.73 Å². The van der Waals surface area contributed by atoms with E-state index in [0.29, 0.717) is 5.76 Å². The summed E-state index contributed by atoms with van der Waals surface area (Å²) < 4.78 is 18.9. The van der Waals surface area contributed by atoms with Gasteiger partial charge in [0.1, 0.15) is 11.6 Å². The van der Waals surface area contributed by atoms with Gasteiger partial charge in [-0.25, -0.2) is 4.39 Å². The highest BCUT2D eigenvalue weighted by Crippen LogP contribution is 2.24. The fraction of sp³-hybridized carbons (Fsp3) is 0.0909. The van der Waals surface area contributed by atoms with Crippen molar-refractivity contribution in [3.05, 3.63) is 57.3 Å². The van der Waals surface area contributed by atoms with Gasteiger partial charge in [-0.2, -0.15) is 0 Å². The molecule has 1 heterocycles. The molecule has 2 rings (SSSR count). The average molecular weight is 317 g/mol. The Morgan fingerprint density at radius 3 is 2.73 bits per heavy atom. The predicted octanol–water partition coefficient (Wildman–Crippen LogP) is 3.07. The molecule has 0 fully saturated rings. The van der Waals surface area contributed by atoms with Gasteiger partial charge in [0.2, 0.25) is 0 Å². The highest BCUT2D eigenvalue weighted by Gasteiger charge is 2.14. The molecule has 15 heavy (non-hydrogen) atoms. The molecule has 0 radical (unpaired) electrons. The zero-order valence-electron chi connectivity index (χ0n) is 7.78. The molecule has 2 nitrogen and oxygen atoms in total. The summed E-state index contributed by atoms with van der Waals surface area (Å²) >= 11 is 2.06. The largest absolute Gasteiger partial charge is 0.467 e. The summed E-state index contributed by atoms with van der Waals surface area (Å²) in [6.45, 7) is 0. The van der Waals surface area contributed by atoms with Gasteiger partial charge in [0.05, 0.1) is 12.3 Å². The molecular formula is C11H9FINO. The highest BCUT2D eigenvalue weighted by molar-refractivity contribution is 14.1. The minimum Gasteiger partial charge on any atom is -0.467 e. The predicted molar refractivity (Wildman–Crippen MR) is 63.9 cm³/mol. The molecular weight excluding hydrogens is 308 g/mol. The van der Waals surface area contributed by atoms with E-state index in [1.165, 1.54) is 12.1 Å². The minimum absolute atomic E-state index is 0.255. The molecule has 1 atom stereocenters. The lowest BCUT2D eigenvalue weighted by Gasteiger charge is -2.11. The first kappa shape index (κ1) is 10.6. The molecule has 78 valence electrons. The van der Waals surface area contributed by atoms with Crippen molar-refractivity contribution in [2.45, 2.75) is 6.04 Å². The van der Waals surface area contributed by atoms with Crippen LogP contribution in [0, 0.1) is 9.39 Å². The monoisotopic (exact) mass is 317 g/mol. The van der Waals surface area contributed by atoms with Crippen LogP contribution in [0.15, 0.2) is 41.0 Å². The summed E-state index contributed by atoms with van der Waals surface area (Å²) in [7, 11) is 0. The van der Waals surface area contributed by atoms with E-state index < -0.39 is 0 Å². The van der Waals surface area contributed by atoms with E-state index in [1.54, 1.807) is 18.4 Å². The van der Waals surface area contributed by atoms with Crippen molar-refractivity contribution in [3.63, 3.8) is 0 Å². The third-order valence-corrected chi connectivity index (χ3v) is 3.08. The number of furan rings is 1. The molecule has 0 aliphatic carbocycles. The fourth-order valence-electron chi connectivity index (χ4n) is 1.38. The molecule has 0 amide bonds. The average Bonchev–Trinajstić information content (AvgIpc) is 2.69. The molecule has 1 aromatic heterocycles. The SMILES string of the molecule is NC(c1ccco1)c1ccc(F)cc1I. The summed E-state index contributed by atoms with van der Waals surface area (Å²) in [6.07, 6.45) is 1.57. The number of rotatable bonds is 2. The molecule has 0 aliphatic rings. The van der Waals surface area contributed by atoms with Crippen LogP contribution in [0.1, 0.15) is 17.4 Å². The number of nitrogens with two attached hydrogens (primary N) is 1. The normalized spacial score (nSPS) is 12.7. The number of hydrogen-bond donors (Lipinski definition) is 1. The van der Waals surface area contributed by atoms with E-state index in [1.807, 2.05) is 6.07 Å². The van der Waals surface area contributed by atoms with Crippen molar-refractivity contribution in [2.75, 3.05) is 0 Å². The third kappa shape index (κ3) is 2.21. The second-order valence-electron chi connectivity index (χ2n) is 3.16. The van der Waals surface area contributed by atoms with Gasteiger partial charge < -0.3 is 10.2 Å². The molecule has 2 N–H and O–H groups in total. The van der Waals surface area contributed by atoms with Crippen LogP contribution >= 0.6 is 22.6 Å². The van der Waals surface area contributed by atoms with Gasteiger partial charge in [-0.1, -0.05) is 6.07 Å². The number of hydrogen-bond acceptors (Lipinski definition) is 2. The van der Waals surface area contributed by atoms with Crippen molar-refractivity contribution in [1.82, 2.24) is 0 Å². The van der Waals surface area contributed by atoms with Crippen molar-refractivity contribution >= 4 is 22.6 Å². The third-order valence-electron chi connectivity index (χ3n) is 2.15. The molecule has 1 unspecified atom stereocenters. The number of halogens is 2. The Morgan fingerprint density at radius 1 is 1.33 bits per heavy atom. The van der Waals surface area contributed by atoms with Crippen molar-refractivity contribution < 1.29 is 8.81 Å². The summed E-state index contributed by atoms with van der Waals surface area (Å²) in [5.41, 5.74) is 6.86. The Balaban J connectivity index is 2.38. The number of benzene rings is 1. The van der Waals surface area contributed by atoms with E-state index in [-0.39, 0.29) is 11.9 Å². The van der Waals surface area contributed by atoms with E-state index >= 15 is 0 Å². The topological polar surface area (TPSA) is 39.2 Å². The van der Waals surface area contributed by atoms with Crippen molar-refractivity contribution in [3.8, 4) is 0 Å². The molecule has 0 saturated heterocycles. The molecule has 0 aliphatic heterocycles. The molecule has 2 aromatic rings. The van der Waals surface area contributed by atoms with Crippen LogP contribution in [0.25, 0.3) is 0 Å². The Labute approximate surface area is 100 Å². The quantitative estimate of drug-likeness (QED) is 0.865. The van der Waals surface area contributed by atoms with Crippen molar-refractivity contribution in [1.29, 1.82) is 0 Å². The smallest absolute Gasteiger partial charge is 0.125 e. The van der Waals surface area contributed by atoms with E-state index in [9.17, 15) is 4.39 Å². The van der Waals surface area contributed by atoms with Crippen LogP contribution in [-0.2, 0) is 0 Å². The first-order chi connectivity index (χ1) is 7.18. The lowest BCUT2D eigenvalue weighted by Crippen LogP contribution is -2.12. The van der Waals surface area contributed by atoms with Gasteiger partial charge >= 0.3 is 0 Å². The van der Waals surface area contributed by atoms with Gasteiger partial charge in [0.25, 0.3) is 0 Å². The lowest BCUT2D eigenvalue weighted by molar-refractivity contribution is 0.489. The Bertz CT molecular complexity index is 456. The van der Waals surface area contributed by atoms with E-state index in [4.69, 9.17) is 10.2 Å². The van der Waals surface area contributed by atoms with Gasteiger partial charge in [-0.15, -0.1) is 0 Å². The van der Waals surface area contributed by atoms with E-state index in [2.05, 4.69) is 22.6 Å².